The molecule has 0 spiro atoms. The molecule has 1 aliphatic rings. The maximum atomic E-state index is 11.4. The maximum absolute atomic E-state index is 11.4. The first-order valence-electron chi connectivity index (χ1n) is 5.83. The summed E-state index contributed by atoms with van der Waals surface area (Å²) >= 11 is 0. The van der Waals surface area contributed by atoms with E-state index in [2.05, 4.69) is 5.32 Å². The van der Waals surface area contributed by atoms with Crippen LogP contribution >= 0.6 is 0 Å². The fourth-order valence-electron chi connectivity index (χ4n) is 1.73. The van der Waals surface area contributed by atoms with Gasteiger partial charge in [-0.1, -0.05) is 0 Å². The third kappa shape index (κ3) is 5.14. The molecule has 88 valence electrons. The highest BCUT2D eigenvalue weighted by Crippen LogP contribution is 2.16. The summed E-state index contributed by atoms with van der Waals surface area (Å²) in [5, 5.41) is 2.85. The van der Waals surface area contributed by atoms with Crippen molar-refractivity contribution in [3.63, 3.8) is 0 Å². The molecule has 1 aliphatic heterocycles. The molecule has 1 saturated heterocycles. The fraction of sp³-hybridized carbons (Fsp3) is 0.909. The van der Waals surface area contributed by atoms with E-state index >= 15 is 0 Å². The van der Waals surface area contributed by atoms with Crippen LogP contribution in [0.3, 0.4) is 0 Å². The summed E-state index contributed by atoms with van der Waals surface area (Å²) in [5.41, 5.74) is 5.42. The lowest BCUT2D eigenvalue weighted by Gasteiger charge is -2.22. The second kappa shape index (κ2) is 6.80. The van der Waals surface area contributed by atoms with E-state index in [0.717, 1.165) is 25.9 Å². The van der Waals surface area contributed by atoms with Crippen LogP contribution in [-0.2, 0) is 9.53 Å². The molecule has 3 N–H and O–H groups in total. The van der Waals surface area contributed by atoms with Gasteiger partial charge in [-0.3, -0.25) is 4.79 Å². The number of rotatable bonds is 5. The van der Waals surface area contributed by atoms with Crippen molar-refractivity contribution < 1.29 is 9.53 Å². The van der Waals surface area contributed by atoms with Crippen LogP contribution in [0.4, 0.5) is 0 Å². The first kappa shape index (κ1) is 12.5. The van der Waals surface area contributed by atoms with Crippen molar-refractivity contribution in [3.05, 3.63) is 0 Å². The molecule has 0 aromatic heterocycles. The zero-order valence-electron chi connectivity index (χ0n) is 9.50. The first-order valence-corrected chi connectivity index (χ1v) is 5.83. The van der Waals surface area contributed by atoms with Crippen LogP contribution in [-0.4, -0.2) is 31.2 Å². The molecule has 0 aliphatic carbocycles. The largest absolute Gasteiger partial charge is 0.378 e. The molecule has 1 rings (SSSR count). The lowest BCUT2D eigenvalue weighted by Crippen LogP contribution is -2.38. The van der Waals surface area contributed by atoms with Crippen LogP contribution in [0.2, 0.25) is 0 Å². The van der Waals surface area contributed by atoms with Crippen molar-refractivity contribution in [3.8, 4) is 0 Å². The number of hydrogen-bond acceptors (Lipinski definition) is 3. The summed E-state index contributed by atoms with van der Waals surface area (Å²) in [7, 11) is 0. The molecule has 2 unspecified atom stereocenters. The van der Waals surface area contributed by atoms with Crippen LogP contribution in [0.5, 0.6) is 0 Å². The minimum absolute atomic E-state index is 0.0739. The molecule has 1 heterocycles. The summed E-state index contributed by atoms with van der Waals surface area (Å²) in [6, 6.07) is 0.0739. The Hall–Kier alpha value is -0.610. The molecule has 2 atom stereocenters. The van der Waals surface area contributed by atoms with Gasteiger partial charge in [-0.25, -0.2) is 0 Å². The monoisotopic (exact) mass is 214 g/mol. The summed E-state index contributed by atoms with van der Waals surface area (Å²) in [5.74, 6) is 0.0853. The highest BCUT2D eigenvalue weighted by Gasteiger charge is 2.15. The Kier molecular flexibility index (Phi) is 5.65. The molecule has 0 radical (unpaired) electrons. The van der Waals surface area contributed by atoms with Crippen molar-refractivity contribution in [1.82, 2.24) is 5.32 Å². The van der Waals surface area contributed by atoms with Crippen molar-refractivity contribution in [2.75, 3.05) is 13.2 Å². The Bertz CT molecular complexity index is 191. The Morgan fingerprint density at radius 2 is 2.40 bits per heavy atom. The van der Waals surface area contributed by atoms with Crippen LogP contribution < -0.4 is 11.1 Å². The predicted molar refractivity (Wildman–Crippen MR) is 59.5 cm³/mol. The minimum atomic E-state index is 0.0739. The van der Waals surface area contributed by atoms with E-state index in [1.165, 1.54) is 6.42 Å². The fourth-order valence-corrected chi connectivity index (χ4v) is 1.73. The van der Waals surface area contributed by atoms with Gasteiger partial charge in [0, 0.05) is 25.6 Å². The third-order valence-corrected chi connectivity index (χ3v) is 2.73. The molecule has 4 heteroatoms. The molecule has 15 heavy (non-hydrogen) atoms. The van der Waals surface area contributed by atoms with E-state index in [9.17, 15) is 4.79 Å². The molecule has 1 fully saturated rings. The third-order valence-electron chi connectivity index (χ3n) is 2.73. The normalized spacial score (nSPS) is 23.5. The Labute approximate surface area is 91.5 Å². The summed E-state index contributed by atoms with van der Waals surface area (Å²) in [4.78, 5) is 11.4. The summed E-state index contributed by atoms with van der Waals surface area (Å²) < 4.78 is 5.55. The van der Waals surface area contributed by atoms with Crippen molar-refractivity contribution in [1.29, 1.82) is 0 Å². The van der Waals surface area contributed by atoms with Gasteiger partial charge in [0.2, 0.25) is 5.91 Å². The van der Waals surface area contributed by atoms with Gasteiger partial charge in [0.1, 0.15) is 0 Å². The van der Waals surface area contributed by atoms with Crippen molar-refractivity contribution >= 4 is 5.91 Å². The number of carbonyl (C=O) groups is 1. The second-order valence-corrected chi connectivity index (χ2v) is 4.23. The van der Waals surface area contributed by atoms with Crippen LogP contribution in [0, 0.1) is 0 Å². The van der Waals surface area contributed by atoms with Crippen molar-refractivity contribution in [2.45, 2.75) is 51.2 Å². The van der Waals surface area contributed by atoms with Crippen LogP contribution in [0.15, 0.2) is 0 Å². The molecule has 1 amide bonds. The SMILES string of the molecule is CC(CN)NC(=O)CCC1CCCCO1. The quantitative estimate of drug-likeness (QED) is 0.711. The average Bonchev–Trinajstić information content (AvgIpc) is 2.27. The van der Waals surface area contributed by atoms with Crippen molar-refractivity contribution in [2.24, 2.45) is 5.73 Å². The van der Waals surface area contributed by atoms with Gasteiger partial charge in [0.25, 0.3) is 0 Å². The minimum Gasteiger partial charge on any atom is -0.378 e. The van der Waals surface area contributed by atoms with Crippen LogP contribution in [0.25, 0.3) is 0 Å². The van der Waals surface area contributed by atoms with E-state index in [1.807, 2.05) is 6.92 Å². The topological polar surface area (TPSA) is 64.3 Å². The number of hydrogen-bond donors (Lipinski definition) is 2. The maximum Gasteiger partial charge on any atom is 0.220 e. The van der Waals surface area contributed by atoms with Gasteiger partial charge in [0.15, 0.2) is 0 Å². The summed E-state index contributed by atoms with van der Waals surface area (Å²) in [6.45, 7) is 3.26. The highest BCUT2D eigenvalue weighted by molar-refractivity contribution is 5.76. The molecule has 4 nitrogen and oxygen atoms in total. The van der Waals surface area contributed by atoms with E-state index in [0.29, 0.717) is 13.0 Å². The van der Waals surface area contributed by atoms with Gasteiger partial charge in [-0.2, -0.15) is 0 Å². The molecular formula is C11H22N2O2. The number of amides is 1. The number of carbonyl (C=O) groups excluding carboxylic acids is 1. The summed E-state index contributed by atoms with van der Waals surface area (Å²) in [6.07, 6.45) is 5.16. The van der Waals surface area contributed by atoms with E-state index < -0.39 is 0 Å². The zero-order valence-corrected chi connectivity index (χ0v) is 9.50. The smallest absolute Gasteiger partial charge is 0.220 e. The Balaban J connectivity index is 2.10. The highest BCUT2D eigenvalue weighted by atomic mass is 16.5. The molecule has 0 aromatic carbocycles. The zero-order chi connectivity index (χ0) is 11.1. The standard InChI is InChI=1S/C11H22N2O2/c1-9(8-12)13-11(14)6-5-10-4-2-3-7-15-10/h9-10H,2-8,12H2,1H3,(H,13,14). The van der Waals surface area contributed by atoms with Gasteiger partial charge in [0.05, 0.1) is 6.10 Å². The first-order chi connectivity index (χ1) is 7.22. The van der Waals surface area contributed by atoms with Gasteiger partial charge in [-0.05, 0) is 32.6 Å². The number of ether oxygens (including phenoxy) is 1. The van der Waals surface area contributed by atoms with E-state index in [-0.39, 0.29) is 18.1 Å². The Morgan fingerprint density at radius 1 is 1.60 bits per heavy atom. The second-order valence-electron chi connectivity index (χ2n) is 4.23. The van der Waals surface area contributed by atoms with Gasteiger partial charge >= 0.3 is 0 Å². The molecular weight excluding hydrogens is 192 g/mol. The lowest BCUT2D eigenvalue weighted by atomic mass is 10.0. The van der Waals surface area contributed by atoms with Crippen LogP contribution in [0.1, 0.15) is 39.0 Å². The lowest BCUT2D eigenvalue weighted by molar-refractivity contribution is -0.122. The van der Waals surface area contributed by atoms with Gasteiger partial charge < -0.3 is 15.8 Å². The average molecular weight is 214 g/mol. The number of nitrogens with two attached hydrogens (primary N) is 1. The molecule has 0 bridgehead atoms. The Morgan fingerprint density at radius 3 is 3.00 bits per heavy atom. The van der Waals surface area contributed by atoms with E-state index in [1.54, 1.807) is 0 Å². The molecule has 0 aromatic rings. The van der Waals surface area contributed by atoms with Gasteiger partial charge in [-0.15, -0.1) is 0 Å². The van der Waals surface area contributed by atoms with E-state index in [4.69, 9.17) is 10.5 Å². The molecule has 0 saturated carbocycles. The number of nitrogens with one attached hydrogen (secondary N) is 1. The predicted octanol–water partition coefficient (Wildman–Crippen LogP) is 0.799.